The molecule has 5 heteroatoms. The number of fused-ring (bicyclic) bond motifs is 3. The first-order valence-electron chi connectivity index (χ1n) is 5.49. The summed E-state index contributed by atoms with van der Waals surface area (Å²) in [4.78, 5) is 2.43. The number of anilines is 1. The van der Waals surface area contributed by atoms with Gasteiger partial charge in [0, 0.05) is 0 Å². The number of nitrogens with zero attached hydrogens (tertiary/aromatic N) is 3. The first-order chi connectivity index (χ1) is 7.16. The molecule has 5 nitrogen and oxygen atoms in total. The molecule has 0 aliphatic carbocycles. The number of hydrogen-bond donors (Lipinski definition) is 1. The third-order valence-electron chi connectivity index (χ3n) is 3.87. The van der Waals surface area contributed by atoms with E-state index in [1.807, 2.05) is 0 Å². The molecule has 0 radical (unpaired) electrons. The minimum atomic E-state index is 0.179. The molecule has 2 N–H and O–H groups in total. The van der Waals surface area contributed by atoms with Crippen LogP contribution in [0.15, 0.2) is 4.42 Å². The summed E-state index contributed by atoms with van der Waals surface area (Å²) in [7, 11) is 0. The molecule has 1 atom stereocenters. The first-order valence-corrected chi connectivity index (χ1v) is 5.49. The smallest absolute Gasteiger partial charge is 0.312 e. The molecule has 4 heterocycles. The van der Waals surface area contributed by atoms with Crippen molar-refractivity contribution in [3.63, 3.8) is 0 Å². The Kier molecular flexibility index (Phi) is 1.80. The molecule has 0 aromatic carbocycles. The topological polar surface area (TPSA) is 68.2 Å². The number of aromatic nitrogens is 2. The van der Waals surface area contributed by atoms with Crippen molar-refractivity contribution < 1.29 is 4.42 Å². The molecule has 0 spiro atoms. The lowest BCUT2D eigenvalue weighted by atomic mass is 9.70. The van der Waals surface area contributed by atoms with Gasteiger partial charge in [0.2, 0.25) is 5.89 Å². The molecule has 4 rings (SSSR count). The van der Waals surface area contributed by atoms with Crippen LogP contribution in [0.1, 0.15) is 38.1 Å². The summed E-state index contributed by atoms with van der Waals surface area (Å²) in [6.45, 7) is 4.64. The standard InChI is InChI=1S/C10H16N4O/c1-10-2-4-14(5-3-10)7(6-10)8-12-13-9(11)15-8/h7H,2-6H2,1H3,(H2,11,13). The Hall–Kier alpha value is -1.10. The SMILES string of the molecule is CC12CCN(CC1)C(c1nnc(N)o1)C2. The van der Waals surface area contributed by atoms with Crippen LogP contribution in [0.3, 0.4) is 0 Å². The molecule has 3 saturated heterocycles. The Balaban J connectivity index is 1.88. The highest BCUT2D eigenvalue weighted by atomic mass is 16.4. The van der Waals surface area contributed by atoms with Gasteiger partial charge in [-0.05, 0) is 37.8 Å². The van der Waals surface area contributed by atoms with Gasteiger partial charge in [0.05, 0.1) is 6.04 Å². The monoisotopic (exact) mass is 208 g/mol. The molecular weight excluding hydrogens is 192 g/mol. The molecule has 1 unspecified atom stereocenters. The first kappa shape index (κ1) is 9.15. The minimum Gasteiger partial charge on any atom is -0.407 e. The van der Waals surface area contributed by atoms with Crippen LogP contribution >= 0.6 is 0 Å². The normalized spacial score (nSPS) is 39.5. The van der Waals surface area contributed by atoms with Crippen LogP contribution in [-0.2, 0) is 0 Å². The van der Waals surface area contributed by atoms with E-state index in [1.165, 1.54) is 12.8 Å². The molecule has 0 amide bonds. The molecule has 1 aromatic heterocycles. The van der Waals surface area contributed by atoms with Crippen LogP contribution in [0.4, 0.5) is 6.01 Å². The molecule has 2 bridgehead atoms. The summed E-state index contributed by atoms with van der Waals surface area (Å²) >= 11 is 0. The zero-order chi connectivity index (χ0) is 10.5. The van der Waals surface area contributed by atoms with E-state index in [2.05, 4.69) is 22.0 Å². The van der Waals surface area contributed by atoms with Crippen LogP contribution in [-0.4, -0.2) is 28.2 Å². The Bertz CT molecular complexity index is 367. The third kappa shape index (κ3) is 1.42. The molecule has 1 aromatic rings. The summed E-state index contributed by atoms with van der Waals surface area (Å²) < 4.78 is 5.33. The highest BCUT2D eigenvalue weighted by Crippen LogP contribution is 2.48. The van der Waals surface area contributed by atoms with Crippen molar-refractivity contribution in [3.8, 4) is 0 Å². The van der Waals surface area contributed by atoms with Gasteiger partial charge in [0.25, 0.3) is 0 Å². The molecule has 3 aliphatic rings. The minimum absolute atomic E-state index is 0.179. The number of hydrogen-bond acceptors (Lipinski definition) is 5. The van der Waals surface area contributed by atoms with Crippen molar-refractivity contribution in [1.29, 1.82) is 0 Å². The molecule has 15 heavy (non-hydrogen) atoms. The van der Waals surface area contributed by atoms with Gasteiger partial charge >= 0.3 is 6.01 Å². The highest BCUT2D eigenvalue weighted by Gasteiger charge is 2.43. The van der Waals surface area contributed by atoms with Crippen LogP contribution in [0.5, 0.6) is 0 Å². The van der Waals surface area contributed by atoms with Crippen molar-refractivity contribution in [1.82, 2.24) is 15.1 Å². The second-order valence-corrected chi connectivity index (χ2v) is 5.05. The molecule has 0 saturated carbocycles. The van der Waals surface area contributed by atoms with Gasteiger partial charge in [-0.2, -0.15) is 0 Å². The fourth-order valence-electron chi connectivity index (χ4n) is 2.80. The number of nitrogen functional groups attached to an aromatic ring is 1. The zero-order valence-corrected chi connectivity index (χ0v) is 8.94. The maximum absolute atomic E-state index is 5.46. The molecule has 3 fully saturated rings. The van der Waals surface area contributed by atoms with Crippen molar-refractivity contribution >= 4 is 6.01 Å². The van der Waals surface area contributed by atoms with E-state index in [-0.39, 0.29) is 6.01 Å². The van der Waals surface area contributed by atoms with E-state index in [0.29, 0.717) is 17.3 Å². The number of rotatable bonds is 1. The van der Waals surface area contributed by atoms with Crippen molar-refractivity contribution in [3.05, 3.63) is 5.89 Å². The van der Waals surface area contributed by atoms with Gasteiger partial charge in [-0.1, -0.05) is 12.0 Å². The predicted molar refractivity (Wildman–Crippen MR) is 55.0 cm³/mol. The van der Waals surface area contributed by atoms with Gasteiger partial charge in [-0.15, -0.1) is 5.10 Å². The van der Waals surface area contributed by atoms with Gasteiger partial charge in [-0.3, -0.25) is 4.90 Å². The van der Waals surface area contributed by atoms with E-state index >= 15 is 0 Å². The van der Waals surface area contributed by atoms with E-state index < -0.39 is 0 Å². The largest absolute Gasteiger partial charge is 0.407 e. The maximum atomic E-state index is 5.46. The fraction of sp³-hybridized carbons (Fsp3) is 0.800. The summed E-state index contributed by atoms with van der Waals surface area (Å²) in [5, 5.41) is 7.74. The van der Waals surface area contributed by atoms with E-state index in [0.717, 1.165) is 19.5 Å². The maximum Gasteiger partial charge on any atom is 0.312 e. The van der Waals surface area contributed by atoms with Gasteiger partial charge in [-0.25, -0.2) is 0 Å². The number of nitrogens with two attached hydrogens (primary N) is 1. The highest BCUT2D eigenvalue weighted by molar-refractivity contribution is 5.09. The quantitative estimate of drug-likeness (QED) is 0.751. The van der Waals surface area contributed by atoms with Crippen molar-refractivity contribution in [2.24, 2.45) is 5.41 Å². The number of piperidine rings is 3. The second-order valence-electron chi connectivity index (χ2n) is 5.05. The third-order valence-corrected chi connectivity index (χ3v) is 3.87. The zero-order valence-electron chi connectivity index (χ0n) is 8.94. The van der Waals surface area contributed by atoms with Gasteiger partial charge in [0.1, 0.15) is 0 Å². The van der Waals surface area contributed by atoms with Crippen molar-refractivity contribution in [2.75, 3.05) is 18.8 Å². The van der Waals surface area contributed by atoms with E-state index in [9.17, 15) is 0 Å². The molecule has 82 valence electrons. The Morgan fingerprint density at radius 1 is 1.40 bits per heavy atom. The molecular formula is C10H16N4O. The Morgan fingerprint density at radius 2 is 2.13 bits per heavy atom. The lowest BCUT2D eigenvalue weighted by Gasteiger charge is -2.50. The van der Waals surface area contributed by atoms with Crippen molar-refractivity contribution in [2.45, 2.75) is 32.2 Å². The van der Waals surface area contributed by atoms with E-state index in [1.54, 1.807) is 0 Å². The van der Waals surface area contributed by atoms with E-state index in [4.69, 9.17) is 10.2 Å². The average Bonchev–Trinajstić information content (AvgIpc) is 2.65. The Labute approximate surface area is 88.6 Å². The summed E-state index contributed by atoms with van der Waals surface area (Å²) in [6.07, 6.45) is 3.69. The predicted octanol–water partition coefficient (Wildman–Crippen LogP) is 1.20. The van der Waals surface area contributed by atoms with Gasteiger partial charge < -0.3 is 10.2 Å². The lowest BCUT2D eigenvalue weighted by molar-refractivity contribution is -0.0206. The van der Waals surface area contributed by atoms with Crippen LogP contribution < -0.4 is 5.73 Å². The average molecular weight is 208 g/mol. The fourth-order valence-corrected chi connectivity index (χ4v) is 2.80. The molecule has 3 aliphatic heterocycles. The van der Waals surface area contributed by atoms with Crippen LogP contribution in [0.2, 0.25) is 0 Å². The van der Waals surface area contributed by atoms with Crippen LogP contribution in [0.25, 0.3) is 0 Å². The lowest BCUT2D eigenvalue weighted by Crippen LogP contribution is -2.48. The summed E-state index contributed by atoms with van der Waals surface area (Å²) in [5.74, 6) is 0.693. The Morgan fingerprint density at radius 3 is 2.67 bits per heavy atom. The second kappa shape index (κ2) is 2.95. The van der Waals surface area contributed by atoms with Gasteiger partial charge in [0.15, 0.2) is 0 Å². The summed E-state index contributed by atoms with van der Waals surface area (Å²) in [6, 6.07) is 0.472. The van der Waals surface area contributed by atoms with Crippen LogP contribution in [0, 0.1) is 5.41 Å². The summed E-state index contributed by atoms with van der Waals surface area (Å²) in [5.41, 5.74) is 5.92.